The number of pyridine rings is 2. The summed E-state index contributed by atoms with van der Waals surface area (Å²) in [5, 5.41) is 2.72. The number of thiazole rings is 1. The van der Waals surface area contributed by atoms with Crippen LogP contribution < -0.4 is 10.3 Å². The van der Waals surface area contributed by atoms with Gasteiger partial charge in [0.2, 0.25) is 15.5 Å². The van der Waals surface area contributed by atoms with Crippen molar-refractivity contribution >= 4 is 38.2 Å². The molecular formula is C22H27N5O3S2. The normalized spacial score (nSPS) is 20.3. The van der Waals surface area contributed by atoms with Gasteiger partial charge in [0.1, 0.15) is 10.7 Å². The maximum atomic E-state index is 13.4. The summed E-state index contributed by atoms with van der Waals surface area (Å²) >= 11 is 1.38. The van der Waals surface area contributed by atoms with Gasteiger partial charge in [0.15, 0.2) is 10.8 Å². The molecule has 2 fully saturated rings. The van der Waals surface area contributed by atoms with Gasteiger partial charge in [0.25, 0.3) is 0 Å². The highest BCUT2D eigenvalue weighted by molar-refractivity contribution is 7.89. The van der Waals surface area contributed by atoms with Crippen LogP contribution in [0.1, 0.15) is 45.4 Å². The Morgan fingerprint density at radius 3 is 2.66 bits per heavy atom. The predicted octanol–water partition coefficient (Wildman–Crippen LogP) is 3.40. The number of aromatic nitrogens is 3. The van der Waals surface area contributed by atoms with Gasteiger partial charge >= 0.3 is 0 Å². The number of nitrogens with zero attached hydrogens (tertiary/aromatic N) is 5. The van der Waals surface area contributed by atoms with E-state index in [0.29, 0.717) is 35.3 Å². The summed E-state index contributed by atoms with van der Waals surface area (Å²) in [5.41, 5.74) is -0.0484. The molecule has 0 aromatic carbocycles. The summed E-state index contributed by atoms with van der Waals surface area (Å²) in [6.45, 7) is 4.00. The monoisotopic (exact) mass is 473 g/mol. The quantitative estimate of drug-likeness (QED) is 0.564. The van der Waals surface area contributed by atoms with Gasteiger partial charge < -0.3 is 4.90 Å². The molecule has 2 saturated heterocycles. The Balaban J connectivity index is 1.71. The highest BCUT2D eigenvalue weighted by atomic mass is 32.2. The molecule has 0 radical (unpaired) electrons. The van der Waals surface area contributed by atoms with E-state index in [1.165, 1.54) is 21.8 Å². The van der Waals surface area contributed by atoms with E-state index in [-0.39, 0.29) is 4.90 Å². The minimum Gasteiger partial charge on any atom is -0.354 e. The molecule has 10 heteroatoms. The largest absolute Gasteiger partial charge is 0.354 e. The zero-order valence-corrected chi connectivity index (χ0v) is 19.7. The molecule has 0 aliphatic carbocycles. The Bertz CT molecular complexity index is 1280. The molecule has 32 heavy (non-hydrogen) atoms. The van der Waals surface area contributed by atoms with Crippen molar-refractivity contribution in [2.45, 2.75) is 56.4 Å². The third-order valence-electron chi connectivity index (χ3n) is 6.50. The number of hydrogen-bond donors (Lipinski definition) is 0. The number of fused-ring (bicyclic) bond motifs is 1. The maximum absolute atomic E-state index is 13.4. The molecule has 170 valence electrons. The Morgan fingerprint density at radius 1 is 1.12 bits per heavy atom. The van der Waals surface area contributed by atoms with Crippen LogP contribution in [0.2, 0.25) is 0 Å². The molecule has 0 spiro atoms. The van der Waals surface area contributed by atoms with Crippen LogP contribution in [-0.4, -0.2) is 52.9 Å². The number of piperidine rings is 1. The van der Waals surface area contributed by atoms with E-state index >= 15 is 0 Å². The molecule has 1 atom stereocenters. The Kier molecular flexibility index (Phi) is 5.77. The molecule has 0 bridgehead atoms. The van der Waals surface area contributed by atoms with Crippen molar-refractivity contribution in [2.75, 3.05) is 24.5 Å². The number of anilines is 1. The Hall–Kier alpha value is -2.30. The van der Waals surface area contributed by atoms with Gasteiger partial charge in [-0.1, -0.05) is 13.3 Å². The Morgan fingerprint density at radius 2 is 1.94 bits per heavy atom. The van der Waals surface area contributed by atoms with Gasteiger partial charge in [-0.15, -0.1) is 11.3 Å². The first-order valence-corrected chi connectivity index (χ1v) is 13.6. The lowest BCUT2D eigenvalue weighted by Crippen LogP contribution is -2.38. The van der Waals surface area contributed by atoms with E-state index in [1.807, 2.05) is 11.4 Å². The van der Waals surface area contributed by atoms with Crippen LogP contribution in [0.15, 0.2) is 39.6 Å². The lowest BCUT2D eigenvalue weighted by molar-refractivity contribution is 0.346. The molecule has 5 rings (SSSR count). The first-order valence-electron chi connectivity index (χ1n) is 11.2. The molecule has 3 aromatic heterocycles. The molecule has 5 heterocycles. The summed E-state index contributed by atoms with van der Waals surface area (Å²) in [7, 11) is -3.90. The van der Waals surface area contributed by atoms with Crippen molar-refractivity contribution in [1.82, 2.24) is 18.8 Å². The molecule has 0 saturated carbocycles. The topological polar surface area (TPSA) is 88.4 Å². The minimum absolute atomic E-state index is 0.204. The Labute approximate surface area is 191 Å². The van der Waals surface area contributed by atoms with E-state index in [0.717, 1.165) is 50.9 Å². The summed E-state index contributed by atoms with van der Waals surface area (Å²) < 4.78 is 29.9. The van der Waals surface area contributed by atoms with Gasteiger partial charge in [-0.3, -0.25) is 9.36 Å². The molecule has 2 aliphatic rings. The number of rotatable bonds is 5. The van der Waals surface area contributed by atoms with Crippen molar-refractivity contribution in [1.29, 1.82) is 0 Å². The highest BCUT2D eigenvalue weighted by Gasteiger charge is 2.31. The summed E-state index contributed by atoms with van der Waals surface area (Å²) in [5.74, 6) is 0.818. The third-order valence-corrected chi connectivity index (χ3v) is 9.17. The minimum atomic E-state index is -3.90. The van der Waals surface area contributed by atoms with Crippen LogP contribution in [0.3, 0.4) is 0 Å². The lowest BCUT2D eigenvalue weighted by atomic mass is 10.1. The van der Waals surface area contributed by atoms with Crippen molar-refractivity contribution in [3.8, 4) is 5.13 Å². The van der Waals surface area contributed by atoms with Crippen LogP contribution in [-0.2, 0) is 10.0 Å². The van der Waals surface area contributed by atoms with Crippen LogP contribution in [0.5, 0.6) is 0 Å². The first-order chi connectivity index (χ1) is 15.5. The molecule has 8 nitrogen and oxygen atoms in total. The second-order valence-electron chi connectivity index (χ2n) is 8.41. The predicted molar refractivity (Wildman–Crippen MR) is 126 cm³/mol. The smallest absolute Gasteiger partial charge is 0.248 e. The standard InChI is InChI=1S/C22H27N5O3S2/c1-2-16-7-6-13-26(16)19-9-8-17-20(28)18(32(29,30)25-11-4-3-5-12-25)15-27(21(17)24-19)22-23-10-14-31-22/h8-10,14-16H,2-7,11-13H2,1H3/t16-/m0/s1. The molecule has 0 amide bonds. The zero-order chi connectivity index (χ0) is 22.3. The maximum Gasteiger partial charge on any atom is 0.248 e. The van der Waals surface area contributed by atoms with Gasteiger partial charge in [-0.25, -0.2) is 18.4 Å². The number of hydrogen-bond acceptors (Lipinski definition) is 7. The van der Waals surface area contributed by atoms with Crippen LogP contribution in [0, 0.1) is 0 Å². The van der Waals surface area contributed by atoms with Gasteiger partial charge in [-0.05, 0) is 44.2 Å². The molecule has 0 unspecified atom stereocenters. The highest BCUT2D eigenvalue weighted by Crippen LogP contribution is 2.29. The van der Waals surface area contributed by atoms with E-state index < -0.39 is 15.5 Å². The second-order valence-corrected chi connectivity index (χ2v) is 11.2. The van der Waals surface area contributed by atoms with E-state index in [4.69, 9.17) is 4.98 Å². The molecule has 3 aromatic rings. The average molecular weight is 474 g/mol. The molecular weight excluding hydrogens is 446 g/mol. The fourth-order valence-corrected chi connectivity index (χ4v) is 7.02. The molecule has 2 aliphatic heterocycles. The van der Waals surface area contributed by atoms with Crippen molar-refractivity contribution in [2.24, 2.45) is 0 Å². The van der Waals surface area contributed by atoms with Crippen molar-refractivity contribution in [3.05, 3.63) is 40.1 Å². The van der Waals surface area contributed by atoms with Crippen LogP contribution in [0.25, 0.3) is 16.2 Å². The third kappa shape index (κ3) is 3.64. The summed E-state index contributed by atoms with van der Waals surface area (Å²) in [4.78, 5) is 24.7. The van der Waals surface area contributed by atoms with Gasteiger partial charge in [0.05, 0.1) is 5.39 Å². The zero-order valence-electron chi connectivity index (χ0n) is 18.1. The first kappa shape index (κ1) is 21.5. The average Bonchev–Trinajstić information content (AvgIpc) is 3.52. The van der Waals surface area contributed by atoms with Crippen LogP contribution in [0.4, 0.5) is 5.82 Å². The summed E-state index contributed by atoms with van der Waals surface area (Å²) in [6.07, 6.45) is 9.00. The molecule has 0 N–H and O–H groups in total. The van der Waals surface area contributed by atoms with Gasteiger partial charge in [0, 0.05) is 43.4 Å². The van der Waals surface area contributed by atoms with E-state index in [1.54, 1.807) is 16.8 Å². The lowest BCUT2D eigenvalue weighted by Gasteiger charge is -2.26. The SMILES string of the molecule is CC[C@H]1CCCN1c1ccc2c(=O)c(S(=O)(=O)N3CCCCC3)cn(-c3nccs3)c2n1. The summed E-state index contributed by atoms with van der Waals surface area (Å²) in [6, 6.07) is 4.00. The fraction of sp³-hybridized carbons (Fsp3) is 0.500. The van der Waals surface area contributed by atoms with Crippen molar-refractivity contribution in [3.63, 3.8) is 0 Å². The fourth-order valence-electron chi connectivity index (χ4n) is 4.80. The second kappa shape index (κ2) is 8.57. The van der Waals surface area contributed by atoms with Crippen LogP contribution >= 0.6 is 11.3 Å². The van der Waals surface area contributed by atoms with E-state index in [2.05, 4.69) is 16.8 Å². The van der Waals surface area contributed by atoms with E-state index in [9.17, 15) is 13.2 Å². The van der Waals surface area contributed by atoms with Crippen molar-refractivity contribution < 1.29 is 8.42 Å². The van der Waals surface area contributed by atoms with Gasteiger partial charge in [-0.2, -0.15) is 4.31 Å². The number of sulfonamides is 1.